The molecule has 78 valence electrons. The van der Waals surface area contributed by atoms with Crippen LogP contribution in [0.5, 0.6) is 0 Å². The van der Waals surface area contributed by atoms with Gasteiger partial charge in [-0.05, 0) is 19.3 Å². The monoisotopic (exact) mass is 218 g/mol. The van der Waals surface area contributed by atoms with Gasteiger partial charge in [-0.1, -0.05) is 60.6 Å². The normalized spacial score (nSPS) is 19.2. The Hall–Kier alpha value is 0.700. The van der Waals surface area contributed by atoms with Crippen molar-refractivity contribution in [1.82, 2.24) is 0 Å². The Balaban J connectivity index is 1.86. The van der Waals surface area contributed by atoms with Gasteiger partial charge in [0.1, 0.15) is 0 Å². The van der Waals surface area contributed by atoms with Crippen LogP contribution >= 0.6 is 21.6 Å². The highest BCUT2D eigenvalue weighted by Gasteiger charge is 2.13. The molecule has 0 atom stereocenters. The SMILES string of the molecule is CCCCCSSC1CCCCC1. The van der Waals surface area contributed by atoms with Crippen molar-refractivity contribution in [3.8, 4) is 0 Å². The van der Waals surface area contributed by atoms with Crippen molar-refractivity contribution in [2.24, 2.45) is 0 Å². The fourth-order valence-electron chi connectivity index (χ4n) is 1.72. The van der Waals surface area contributed by atoms with Crippen molar-refractivity contribution in [1.29, 1.82) is 0 Å². The van der Waals surface area contributed by atoms with Crippen molar-refractivity contribution in [2.45, 2.75) is 63.5 Å². The quantitative estimate of drug-likeness (QED) is 0.460. The molecular weight excluding hydrogens is 196 g/mol. The Labute approximate surface area is 91.0 Å². The molecule has 0 saturated heterocycles. The first-order valence-corrected chi connectivity index (χ1v) is 8.10. The first kappa shape index (κ1) is 11.8. The summed E-state index contributed by atoms with van der Waals surface area (Å²) >= 11 is 0. The molecule has 0 aromatic heterocycles. The third-order valence-corrected chi connectivity index (χ3v) is 5.65. The van der Waals surface area contributed by atoms with Crippen LogP contribution in [-0.4, -0.2) is 11.0 Å². The molecule has 1 saturated carbocycles. The summed E-state index contributed by atoms with van der Waals surface area (Å²) in [6, 6.07) is 0. The van der Waals surface area contributed by atoms with E-state index in [9.17, 15) is 0 Å². The summed E-state index contributed by atoms with van der Waals surface area (Å²) in [5, 5.41) is 0.986. The fourth-order valence-corrected chi connectivity index (χ4v) is 4.65. The Kier molecular flexibility index (Phi) is 7.29. The third kappa shape index (κ3) is 5.90. The minimum Gasteiger partial charge on any atom is -0.0939 e. The van der Waals surface area contributed by atoms with E-state index in [2.05, 4.69) is 28.5 Å². The zero-order valence-corrected chi connectivity index (χ0v) is 10.4. The van der Waals surface area contributed by atoms with Crippen molar-refractivity contribution >= 4 is 21.6 Å². The van der Waals surface area contributed by atoms with E-state index in [1.807, 2.05) is 0 Å². The Morgan fingerprint density at radius 1 is 1.08 bits per heavy atom. The van der Waals surface area contributed by atoms with Gasteiger partial charge in [0, 0.05) is 11.0 Å². The Morgan fingerprint density at radius 3 is 2.54 bits per heavy atom. The molecule has 2 heteroatoms. The van der Waals surface area contributed by atoms with E-state index in [1.165, 1.54) is 57.1 Å². The third-order valence-electron chi connectivity index (χ3n) is 2.59. The van der Waals surface area contributed by atoms with Gasteiger partial charge in [-0.25, -0.2) is 0 Å². The standard InChI is InChI=1S/C11H22S2/c1-2-3-7-10-12-13-11-8-5-4-6-9-11/h11H,2-10H2,1H3. The maximum absolute atomic E-state index is 2.28. The molecule has 0 heterocycles. The summed E-state index contributed by atoms with van der Waals surface area (Å²) < 4.78 is 0. The second-order valence-corrected chi connectivity index (χ2v) is 6.67. The summed E-state index contributed by atoms with van der Waals surface area (Å²) in [5.74, 6) is 1.37. The first-order chi connectivity index (χ1) is 6.43. The van der Waals surface area contributed by atoms with Crippen LogP contribution < -0.4 is 0 Å². The molecule has 0 spiro atoms. The van der Waals surface area contributed by atoms with Crippen LogP contribution in [0.25, 0.3) is 0 Å². The lowest BCUT2D eigenvalue weighted by Gasteiger charge is -2.19. The predicted octanol–water partition coefficient (Wildman–Crippen LogP) is 4.89. The lowest BCUT2D eigenvalue weighted by molar-refractivity contribution is 0.517. The van der Waals surface area contributed by atoms with Crippen LogP contribution in [0, 0.1) is 0 Å². The van der Waals surface area contributed by atoms with Gasteiger partial charge >= 0.3 is 0 Å². The van der Waals surface area contributed by atoms with Crippen molar-refractivity contribution in [3.63, 3.8) is 0 Å². The average molecular weight is 218 g/mol. The fraction of sp³-hybridized carbons (Fsp3) is 1.00. The van der Waals surface area contributed by atoms with Gasteiger partial charge in [0.05, 0.1) is 0 Å². The molecule has 1 aliphatic rings. The van der Waals surface area contributed by atoms with Crippen LogP contribution in [-0.2, 0) is 0 Å². The summed E-state index contributed by atoms with van der Waals surface area (Å²) in [6.45, 7) is 2.28. The number of hydrogen-bond donors (Lipinski definition) is 0. The van der Waals surface area contributed by atoms with E-state index in [4.69, 9.17) is 0 Å². The van der Waals surface area contributed by atoms with Gasteiger partial charge in [0.15, 0.2) is 0 Å². The van der Waals surface area contributed by atoms with Crippen molar-refractivity contribution in [2.75, 3.05) is 5.75 Å². The van der Waals surface area contributed by atoms with Gasteiger partial charge in [-0.3, -0.25) is 0 Å². The molecule has 0 unspecified atom stereocenters. The molecule has 13 heavy (non-hydrogen) atoms. The summed E-state index contributed by atoms with van der Waals surface area (Å²) in [6.07, 6.45) is 11.6. The lowest BCUT2D eigenvalue weighted by atomic mass is 10.0. The van der Waals surface area contributed by atoms with Crippen LogP contribution in [0.1, 0.15) is 58.3 Å². The molecule has 1 fully saturated rings. The average Bonchev–Trinajstić information content (AvgIpc) is 2.19. The van der Waals surface area contributed by atoms with Crippen LogP contribution in [0.15, 0.2) is 0 Å². The minimum atomic E-state index is 0.986. The van der Waals surface area contributed by atoms with Crippen molar-refractivity contribution in [3.05, 3.63) is 0 Å². The predicted molar refractivity (Wildman–Crippen MR) is 66.4 cm³/mol. The summed E-state index contributed by atoms with van der Waals surface area (Å²) in [4.78, 5) is 0. The highest BCUT2D eigenvalue weighted by Crippen LogP contribution is 2.36. The number of rotatable bonds is 6. The van der Waals surface area contributed by atoms with Crippen LogP contribution in [0.3, 0.4) is 0 Å². The first-order valence-electron chi connectivity index (χ1n) is 5.71. The van der Waals surface area contributed by atoms with E-state index in [0.29, 0.717) is 0 Å². The topological polar surface area (TPSA) is 0 Å². The molecule has 1 rings (SSSR count). The smallest absolute Gasteiger partial charge is 0.0151 e. The Bertz CT molecular complexity index is 109. The van der Waals surface area contributed by atoms with E-state index in [-0.39, 0.29) is 0 Å². The van der Waals surface area contributed by atoms with E-state index in [0.717, 1.165) is 5.25 Å². The number of hydrogen-bond acceptors (Lipinski definition) is 2. The maximum Gasteiger partial charge on any atom is 0.0151 e. The molecule has 0 amide bonds. The second kappa shape index (κ2) is 8.05. The highest BCUT2D eigenvalue weighted by molar-refractivity contribution is 8.76. The molecule has 0 aromatic carbocycles. The molecule has 0 N–H and O–H groups in total. The summed E-state index contributed by atoms with van der Waals surface area (Å²) in [7, 11) is 4.28. The molecular formula is C11H22S2. The molecule has 0 aromatic rings. The molecule has 0 radical (unpaired) electrons. The van der Waals surface area contributed by atoms with Gasteiger partial charge in [0.2, 0.25) is 0 Å². The molecule has 0 nitrogen and oxygen atoms in total. The van der Waals surface area contributed by atoms with Crippen molar-refractivity contribution < 1.29 is 0 Å². The molecule has 1 aliphatic carbocycles. The van der Waals surface area contributed by atoms with Crippen LogP contribution in [0.4, 0.5) is 0 Å². The maximum atomic E-state index is 2.28. The van der Waals surface area contributed by atoms with E-state index < -0.39 is 0 Å². The molecule has 0 aliphatic heterocycles. The second-order valence-electron chi connectivity index (χ2n) is 3.89. The van der Waals surface area contributed by atoms with E-state index >= 15 is 0 Å². The Morgan fingerprint density at radius 2 is 1.85 bits per heavy atom. The zero-order chi connectivity index (χ0) is 9.36. The largest absolute Gasteiger partial charge is 0.0939 e. The summed E-state index contributed by atoms with van der Waals surface area (Å²) in [5.41, 5.74) is 0. The van der Waals surface area contributed by atoms with Gasteiger partial charge in [-0.2, -0.15) is 0 Å². The molecule has 0 bridgehead atoms. The lowest BCUT2D eigenvalue weighted by Crippen LogP contribution is -2.06. The highest BCUT2D eigenvalue weighted by atomic mass is 33.1. The van der Waals surface area contributed by atoms with E-state index in [1.54, 1.807) is 0 Å². The van der Waals surface area contributed by atoms with Gasteiger partial charge < -0.3 is 0 Å². The number of unbranched alkanes of at least 4 members (excludes halogenated alkanes) is 2. The van der Waals surface area contributed by atoms with Crippen LogP contribution in [0.2, 0.25) is 0 Å². The zero-order valence-electron chi connectivity index (χ0n) is 8.76. The van der Waals surface area contributed by atoms with Gasteiger partial charge in [0.25, 0.3) is 0 Å². The van der Waals surface area contributed by atoms with Gasteiger partial charge in [-0.15, -0.1) is 0 Å². The minimum absolute atomic E-state index is 0.986.